The first-order valence-electron chi connectivity index (χ1n) is 6.89. The van der Waals surface area contributed by atoms with Crippen molar-refractivity contribution in [2.24, 2.45) is 0 Å². The largest absolute Gasteiger partial charge is 0.416 e. The lowest BCUT2D eigenvalue weighted by Gasteiger charge is -2.10. The van der Waals surface area contributed by atoms with Crippen molar-refractivity contribution >= 4 is 5.91 Å². The van der Waals surface area contributed by atoms with E-state index in [0.29, 0.717) is 11.3 Å². The van der Waals surface area contributed by atoms with Crippen molar-refractivity contribution in [1.82, 2.24) is 15.1 Å². The van der Waals surface area contributed by atoms with Gasteiger partial charge in [0, 0.05) is 6.04 Å². The van der Waals surface area contributed by atoms with Crippen molar-refractivity contribution in [2.75, 3.05) is 0 Å². The van der Waals surface area contributed by atoms with Crippen LogP contribution in [0.1, 0.15) is 34.5 Å². The molecule has 1 amide bonds. The Kier molecular flexibility index (Phi) is 3.42. The van der Waals surface area contributed by atoms with Gasteiger partial charge in [0.15, 0.2) is 0 Å². The second-order valence-corrected chi connectivity index (χ2v) is 5.35. The molecule has 0 radical (unpaired) electrons. The summed E-state index contributed by atoms with van der Waals surface area (Å²) in [4.78, 5) is 12.0. The molecule has 4 nitrogen and oxygen atoms in total. The van der Waals surface area contributed by atoms with E-state index in [2.05, 4.69) is 10.4 Å². The maximum atomic E-state index is 12.8. The van der Waals surface area contributed by atoms with E-state index in [1.54, 1.807) is 6.92 Å². The van der Waals surface area contributed by atoms with Crippen molar-refractivity contribution in [3.05, 3.63) is 47.3 Å². The van der Waals surface area contributed by atoms with Crippen LogP contribution in [0.5, 0.6) is 0 Å². The summed E-state index contributed by atoms with van der Waals surface area (Å²) in [6.45, 7) is 1.66. The van der Waals surface area contributed by atoms with Crippen LogP contribution in [0.2, 0.25) is 0 Å². The van der Waals surface area contributed by atoms with Gasteiger partial charge < -0.3 is 5.32 Å². The predicted octanol–water partition coefficient (Wildman–Crippen LogP) is 3.09. The van der Waals surface area contributed by atoms with E-state index in [4.69, 9.17) is 0 Å². The van der Waals surface area contributed by atoms with Gasteiger partial charge in [-0.2, -0.15) is 18.3 Å². The van der Waals surface area contributed by atoms with Crippen LogP contribution >= 0.6 is 0 Å². The molecule has 0 aliphatic heterocycles. The molecule has 1 heterocycles. The Bertz CT molecular complexity index is 717. The minimum absolute atomic E-state index is 0.212. The summed E-state index contributed by atoms with van der Waals surface area (Å²) in [5.41, 5.74) is 0.420. The Labute approximate surface area is 124 Å². The van der Waals surface area contributed by atoms with Crippen LogP contribution in [-0.2, 0) is 6.18 Å². The zero-order chi connectivity index (χ0) is 15.9. The number of nitrogens with zero attached hydrogens (tertiary/aromatic N) is 2. The number of carbonyl (C=O) groups is 1. The molecule has 116 valence electrons. The van der Waals surface area contributed by atoms with Crippen LogP contribution in [0, 0.1) is 6.92 Å². The van der Waals surface area contributed by atoms with Gasteiger partial charge in [-0.3, -0.25) is 4.79 Å². The van der Waals surface area contributed by atoms with E-state index in [1.165, 1.54) is 23.0 Å². The fourth-order valence-corrected chi connectivity index (χ4v) is 2.20. The SMILES string of the molecule is Cc1c(C(=O)NC2CC2)cnn1-c1cccc(C(F)(F)F)c1. The average Bonchev–Trinajstić information content (AvgIpc) is 3.18. The molecule has 0 saturated heterocycles. The number of carbonyl (C=O) groups excluding carboxylic acids is 1. The molecular formula is C15H14F3N3O. The average molecular weight is 309 g/mol. The topological polar surface area (TPSA) is 46.9 Å². The molecule has 1 N–H and O–H groups in total. The number of hydrogen-bond acceptors (Lipinski definition) is 2. The Hall–Kier alpha value is -2.31. The molecule has 0 spiro atoms. The highest BCUT2D eigenvalue weighted by atomic mass is 19.4. The Morgan fingerprint density at radius 2 is 2.09 bits per heavy atom. The van der Waals surface area contributed by atoms with Gasteiger partial charge >= 0.3 is 6.18 Å². The van der Waals surface area contributed by atoms with E-state index in [1.807, 2.05) is 0 Å². The van der Waals surface area contributed by atoms with Crippen LogP contribution in [0.4, 0.5) is 13.2 Å². The number of benzene rings is 1. The normalized spacial score (nSPS) is 14.9. The molecule has 1 aromatic heterocycles. The van der Waals surface area contributed by atoms with Crippen molar-refractivity contribution in [1.29, 1.82) is 0 Å². The molecule has 0 unspecified atom stereocenters. The van der Waals surface area contributed by atoms with Crippen molar-refractivity contribution < 1.29 is 18.0 Å². The van der Waals surface area contributed by atoms with E-state index in [9.17, 15) is 18.0 Å². The monoisotopic (exact) mass is 309 g/mol. The lowest BCUT2D eigenvalue weighted by atomic mass is 10.2. The third-order valence-electron chi connectivity index (χ3n) is 3.59. The molecule has 1 aromatic carbocycles. The number of alkyl halides is 3. The first-order valence-corrected chi connectivity index (χ1v) is 6.89. The van der Waals surface area contributed by atoms with Gasteiger partial charge in [0.25, 0.3) is 5.91 Å². The molecule has 1 fully saturated rings. The quantitative estimate of drug-likeness (QED) is 0.947. The summed E-state index contributed by atoms with van der Waals surface area (Å²) in [5, 5.41) is 6.89. The Morgan fingerprint density at radius 1 is 1.36 bits per heavy atom. The van der Waals surface area contributed by atoms with Crippen molar-refractivity contribution in [2.45, 2.75) is 32.0 Å². The van der Waals surface area contributed by atoms with E-state index in [0.717, 1.165) is 25.0 Å². The van der Waals surface area contributed by atoms with E-state index >= 15 is 0 Å². The van der Waals surface area contributed by atoms with E-state index in [-0.39, 0.29) is 17.6 Å². The minimum atomic E-state index is -4.41. The molecule has 22 heavy (non-hydrogen) atoms. The van der Waals surface area contributed by atoms with Crippen LogP contribution in [0.15, 0.2) is 30.5 Å². The molecule has 1 aliphatic rings. The van der Waals surface area contributed by atoms with Crippen molar-refractivity contribution in [3.8, 4) is 5.69 Å². The maximum absolute atomic E-state index is 12.8. The highest BCUT2D eigenvalue weighted by molar-refractivity contribution is 5.95. The number of hydrogen-bond donors (Lipinski definition) is 1. The third kappa shape index (κ3) is 2.84. The molecular weight excluding hydrogens is 295 g/mol. The molecule has 0 bridgehead atoms. The minimum Gasteiger partial charge on any atom is -0.349 e. The van der Waals surface area contributed by atoms with Gasteiger partial charge in [-0.25, -0.2) is 4.68 Å². The summed E-state index contributed by atoms with van der Waals surface area (Å²) in [7, 11) is 0. The van der Waals surface area contributed by atoms with Crippen LogP contribution in [-0.4, -0.2) is 21.7 Å². The number of halogens is 3. The second-order valence-electron chi connectivity index (χ2n) is 5.35. The summed E-state index contributed by atoms with van der Waals surface area (Å²) < 4.78 is 39.7. The molecule has 3 rings (SSSR count). The van der Waals surface area contributed by atoms with Crippen molar-refractivity contribution in [3.63, 3.8) is 0 Å². The fraction of sp³-hybridized carbons (Fsp3) is 0.333. The number of aromatic nitrogens is 2. The molecule has 2 aromatic rings. The predicted molar refractivity (Wildman–Crippen MR) is 73.8 cm³/mol. The lowest BCUT2D eigenvalue weighted by molar-refractivity contribution is -0.137. The van der Waals surface area contributed by atoms with Gasteiger partial charge in [-0.1, -0.05) is 6.07 Å². The zero-order valence-electron chi connectivity index (χ0n) is 11.8. The number of rotatable bonds is 3. The molecule has 1 saturated carbocycles. The smallest absolute Gasteiger partial charge is 0.349 e. The summed E-state index contributed by atoms with van der Waals surface area (Å²) >= 11 is 0. The van der Waals surface area contributed by atoms with Gasteiger partial charge in [-0.15, -0.1) is 0 Å². The highest BCUT2D eigenvalue weighted by Crippen LogP contribution is 2.30. The van der Waals surface area contributed by atoms with Crippen LogP contribution < -0.4 is 5.32 Å². The van der Waals surface area contributed by atoms with Crippen LogP contribution in [0.3, 0.4) is 0 Å². The Morgan fingerprint density at radius 3 is 2.73 bits per heavy atom. The van der Waals surface area contributed by atoms with Gasteiger partial charge in [-0.05, 0) is 38.0 Å². The summed E-state index contributed by atoms with van der Waals surface area (Å²) in [6, 6.07) is 5.08. The van der Waals surface area contributed by atoms with E-state index < -0.39 is 11.7 Å². The molecule has 0 atom stereocenters. The Balaban J connectivity index is 1.92. The van der Waals surface area contributed by atoms with Crippen LogP contribution in [0.25, 0.3) is 5.69 Å². The highest BCUT2D eigenvalue weighted by Gasteiger charge is 2.31. The third-order valence-corrected chi connectivity index (χ3v) is 3.59. The number of nitrogens with one attached hydrogen (secondary N) is 1. The summed E-state index contributed by atoms with van der Waals surface area (Å²) in [6.07, 6.45) is -1.10. The first kappa shape index (κ1) is 14.6. The zero-order valence-corrected chi connectivity index (χ0v) is 11.8. The summed E-state index contributed by atoms with van der Waals surface area (Å²) in [5.74, 6) is -0.238. The lowest BCUT2D eigenvalue weighted by Crippen LogP contribution is -2.25. The van der Waals surface area contributed by atoms with Gasteiger partial charge in [0.1, 0.15) is 0 Å². The standard InChI is InChI=1S/C15H14F3N3O/c1-9-13(14(22)20-11-5-6-11)8-19-21(9)12-4-2-3-10(7-12)15(16,17)18/h2-4,7-8,11H,5-6H2,1H3,(H,20,22). The fourth-order valence-electron chi connectivity index (χ4n) is 2.20. The first-order chi connectivity index (χ1) is 10.4. The second kappa shape index (κ2) is 5.15. The van der Waals surface area contributed by atoms with Gasteiger partial charge in [0.2, 0.25) is 0 Å². The van der Waals surface area contributed by atoms with Gasteiger partial charge in [0.05, 0.1) is 28.7 Å². The molecule has 1 aliphatic carbocycles. The maximum Gasteiger partial charge on any atom is 0.416 e. The number of amides is 1. The molecule has 7 heteroatoms.